The van der Waals surface area contributed by atoms with Gasteiger partial charge in [0.15, 0.2) is 5.69 Å². The molecule has 0 aliphatic rings. The number of alkyl halides is 3. The molecule has 0 spiro atoms. The van der Waals surface area contributed by atoms with Gasteiger partial charge in [-0.05, 0) is 17.7 Å². The molecule has 20 heavy (non-hydrogen) atoms. The summed E-state index contributed by atoms with van der Waals surface area (Å²) in [5.74, 6) is -1.34. The van der Waals surface area contributed by atoms with E-state index in [4.69, 9.17) is 0 Å². The van der Waals surface area contributed by atoms with Crippen LogP contribution in [0.2, 0.25) is 0 Å². The number of H-pyrrole nitrogens is 1. The number of hydrogen-bond donors (Lipinski definition) is 2. The van der Waals surface area contributed by atoms with Crippen molar-refractivity contribution in [3.8, 4) is 0 Å². The number of carbonyl (C=O) groups excluding carboxylic acids is 1. The second-order valence-electron chi connectivity index (χ2n) is 3.97. The lowest BCUT2D eigenvalue weighted by Gasteiger charge is -2.08. The molecular formula is C12H9F4N3O. The van der Waals surface area contributed by atoms with Crippen LogP contribution in [0.4, 0.5) is 17.6 Å². The number of halogens is 4. The Hall–Kier alpha value is -2.38. The van der Waals surface area contributed by atoms with E-state index in [1.54, 1.807) is 5.10 Å². The molecule has 2 N–H and O–H groups in total. The van der Waals surface area contributed by atoms with E-state index in [1.807, 2.05) is 0 Å². The molecule has 0 fully saturated rings. The van der Waals surface area contributed by atoms with E-state index in [9.17, 15) is 22.4 Å². The van der Waals surface area contributed by atoms with Gasteiger partial charge in [0, 0.05) is 6.54 Å². The first kappa shape index (κ1) is 14.0. The molecule has 1 amide bonds. The number of rotatable bonds is 3. The van der Waals surface area contributed by atoms with Crippen molar-refractivity contribution in [3.05, 3.63) is 53.1 Å². The third-order valence-corrected chi connectivity index (χ3v) is 2.53. The number of aromatic amines is 1. The number of amides is 1. The van der Waals surface area contributed by atoms with Gasteiger partial charge in [-0.25, -0.2) is 4.39 Å². The van der Waals surface area contributed by atoms with E-state index in [-0.39, 0.29) is 6.54 Å². The quantitative estimate of drug-likeness (QED) is 0.852. The second kappa shape index (κ2) is 5.32. The van der Waals surface area contributed by atoms with Gasteiger partial charge in [-0.15, -0.1) is 0 Å². The second-order valence-corrected chi connectivity index (χ2v) is 3.97. The Morgan fingerprint density at radius 3 is 2.50 bits per heavy atom. The van der Waals surface area contributed by atoms with Crippen LogP contribution in [-0.2, 0) is 12.7 Å². The summed E-state index contributed by atoms with van der Waals surface area (Å²) >= 11 is 0. The Balaban J connectivity index is 2.06. The highest BCUT2D eigenvalue weighted by molar-refractivity contribution is 5.95. The van der Waals surface area contributed by atoms with Crippen LogP contribution in [0.15, 0.2) is 30.5 Å². The maximum absolute atomic E-state index is 12.7. The van der Waals surface area contributed by atoms with Crippen LogP contribution in [0.3, 0.4) is 0 Å². The summed E-state index contributed by atoms with van der Waals surface area (Å²) in [5.41, 5.74) is -1.22. The number of aromatic nitrogens is 2. The van der Waals surface area contributed by atoms with Gasteiger partial charge in [0.25, 0.3) is 5.91 Å². The minimum Gasteiger partial charge on any atom is -0.348 e. The van der Waals surface area contributed by atoms with Gasteiger partial charge in [0.1, 0.15) is 5.82 Å². The molecule has 0 aliphatic heterocycles. The van der Waals surface area contributed by atoms with E-state index >= 15 is 0 Å². The van der Waals surface area contributed by atoms with E-state index in [1.165, 1.54) is 24.3 Å². The number of hydrogen-bond acceptors (Lipinski definition) is 2. The van der Waals surface area contributed by atoms with Gasteiger partial charge in [0.05, 0.1) is 11.8 Å². The molecule has 106 valence electrons. The van der Waals surface area contributed by atoms with Crippen LogP contribution in [0.25, 0.3) is 0 Å². The molecule has 0 bridgehead atoms. The Morgan fingerprint density at radius 2 is 1.90 bits per heavy atom. The van der Waals surface area contributed by atoms with E-state index in [2.05, 4.69) is 10.4 Å². The van der Waals surface area contributed by atoms with E-state index in [0.717, 1.165) is 6.20 Å². The van der Waals surface area contributed by atoms with Gasteiger partial charge in [-0.2, -0.15) is 18.3 Å². The SMILES string of the molecule is O=C(NCc1ccc(F)cc1)c1cn[nH]c1C(F)(F)F. The number of nitrogens with one attached hydrogen (secondary N) is 2. The number of carbonyl (C=O) groups is 1. The topological polar surface area (TPSA) is 57.8 Å². The lowest BCUT2D eigenvalue weighted by molar-refractivity contribution is -0.141. The monoisotopic (exact) mass is 287 g/mol. The molecule has 8 heteroatoms. The zero-order valence-electron chi connectivity index (χ0n) is 9.96. The summed E-state index contributed by atoms with van der Waals surface area (Å²) < 4.78 is 50.3. The lowest BCUT2D eigenvalue weighted by Crippen LogP contribution is -2.25. The Kier molecular flexibility index (Phi) is 3.73. The first-order chi connectivity index (χ1) is 9.38. The molecule has 1 aromatic heterocycles. The Labute approximate surface area is 110 Å². The zero-order valence-corrected chi connectivity index (χ0v) is 9.96. The van der Waals surface area contributed by atoms with Crippen molar-refractivity contribution >= 4 is 5.91 Å². The van der Waals surface area contributed by atoms with Crippen LogP contribution in [-0.4, -0.2) is 16.1 Å². The molecule has 0 saturated carbocycles. The van der Waals surface area contributed by atoms with Crippen LogP contribution < -0.4 is 5.32 Å². The van der Waals surface area contributed by atoms with E-state index < -0.39 is 29.2 Å². The smallest absolute Gasteiger partial charge is 0.348 e. The van der Waals surface area contributed by atoms with Gasteiger partial charge >= 0.3 is 6.18 Å². The van der Waals surface area contributed by atoms with Crippen molar-refractivity contribution in [1.29, 1.82) is 0 Å². The van der Waals surface area contributed by atoms with Crippen molar-refractivity contribution in [2.24, 2.45) is 0 Å². The molecule has 0 aliphatic carbocycles. The maximum atomic E-state index is 12.7. The van der Waals surface area contributed by atoms with Crippen molar-refractivity contribution < 1.29 is 22.4 Å². The summed E-state index contributed by atoms with van der Waals surface area (Å²) in [5, 5.41) is 7.28. The standard InChI is InChI=1S/C12H9F4N3O/c13-8-3-1-7(2-4-8)5-17-11(20)9-6-18-19-10(9)12(14,15)16/h1-4,6H,5H2,(H,17,20)(H,18,19). The minimum atomic E-state index is -4.68. The molecule has 0 radical (unpaired) electrons. The highest BCUT2D eigenvalue weighted by Gasteiger charge is 2.37. The molecule has 0 saturated heterocycles. The minimum absolute atomic E-state index is 0.0123. The number of benzene rings is 1. The third kappa shape index (κ3) is 3.14. The fraction of sp³-hybridized carbons (Fsp3) is 0.167. The summed E-state index contributed by atoms with van der Waals surface area (Å²) in [6.45, 7) is -0.0123. The van der Waals surface area contributed by atoms with Gasteiger partial charge in [-0.3, -0.25) is 9.89 Å². The van der Waals surface area contributed by atoms with E-state index in [0.29, 0.717) is 5.56 Å². The molecule has 4 nitrogen and oxygen atoms in total. The first-order valence-electron chi connectivity index (χ1n) is 5.51. The highest BCUT2D eigenvalue weighted by atomic mass is 19.4. The zero-order chi connectivity index (χ0) is 14.8. The predicted molar refractivity (Wildman–Crippen MR) is 61.2 cm³/mol. The van der Waals surface area contributed by atoms with Crippen LogP contribution in [0.1, 0.15) is 21.6 Å². The highest BCUT2D eigenvalue weighted by Crippen LogP contribution is 2.29. The van der Waals surface area contributed by atoms with Gasteiger partial charge in [-0.1, -0.05) is 12.1 Å². The molecule has 2 rings (SSSR count). The lowest BCUT2D eigenvalue weighted by atomic mass is 10.2. The third-order valence-electron chi connectivity index (χ3n) is 2.53. The Bertz CT molecular complexity index is 604. The normalized spacial score (nSPS) is 11.4. The van der Waals surface area contributed by atoms with Gasteiger partial charge < -0.3 is 5.32 Å². The first-order valence-corrected chi connectivity index (χ1v) is 5.51. The average Bonchev–Trinajstić information content (AvgIpc) is 2.87. The molecule has 1 aromatic carbocycles. The van der Waals surface area contributed by atoms with Crippen LogP contribution in [0.5, 0.6) is 0 Å². The molecule has 1 heterocycles. The molecular weight excluding hydrogens is 278 g/mol. The summed E-state index contributed by atoms with van der Waals surface area (Å²) in [6, 6.07) is 5.24. The molecule has 0 unspecified atom stereocenters. The summed E-state index contributed by atoms with van der Waals surface area (Å²) in [4.78, 5) is 11.7. The van der Waals surface area contributed by atoms with Crippen molar-refractivity contribution in [1.82, 2.24) is 15.5 Å². The van der Waals surface area contributed by atoms with Crippen LogP contribution in [0, 0.1) is 5.82 Å². The fourth-order valence-electron chi connectivity index (χ4n) is 1.55. The summed E-state index contributed by atoms with van der Waals surface area (Å²) in [6.07, 6.45) is -3.87. The van der Waals surface area contributed by atoms with Crippen LogP contribution >= 0.6 is 0 Å². The van der Waals surface area contributed by atoms with Gasteiger partial charge in [0.2, 0.25) is 0 Å². The average molecular weight is 287 g/mol. The summed E-state index contributed by atoms with van der Waals surface area (Å²) in [7, 11) is 0. The maximum Gasteiger partial charge on any atom is 0.433 e. The number of nitrogens with zero attached hydrogens (tertiary/aromatic N) is 1. The van der Waals surface area contributed by atoms with Crippen molar-refractivity contribution in [2.45, 2.75) is 12.7 Å². The Morgan fingerprint density at radius 1 is 1.25 bits per heavy atom. The molecule has 2 aromatic rings. The van der Waals surface area contributed by atoms with Crippen molar-refractivity contribution in [3.63, 3.8) is 0 Å². The molecule has 0 atom stereocenters. The predicted octanol–water partition coefficient (Wildman–Crippen LogP) is 2.50. The van der Waals surface area contributed by atoms with Crippen molar-refractivity contribution in [2.75, 3.05) is 0 Å². The largest absolute Gasteiger partial charge is 0.433 e. The fourth-order valence-corrected chi connectivity index (χ4v) is 1.55.